The molecule has 1 aliphatic heterocycles. The smallest absolute Gasteiger partial charge is 0.142 e. The number of hydrogen-bond donors (Lipinski definition) is 0. The maximum absolute atomic E-state index is 10.5. The van der Waals surface area contributed by atoms with Gasteiger partial charge in [0.15, 0.2) is 0 Å². The van der Waals surface area contributed by atoms with Gasteiger partial charge >= 0.3 is 0 Å². The zero-order chi connectivity index (χ0) is 13.5. The molecule has 1 fully saturated rings. The second-order valence-corrected chi connectivity index (χ2v) is 5.87. The molecule has 2 rings (SSSR count). The highest BCUT2D eigenvalue weighted by Gasteiger charge is 2.12. The first-order chi connectivity index (χ1) is 9.31. The van der Waals surface area contributed by atoms with Gasteiger partial charge in [0.1, 0.15) is 6.29 Å². The summed E-state index contributed by atoms with van der Waals surface area (Å²) in [5, 5.41) is 0. The molecule has 0 spiro atoms. The lowest BCUT2D eigenvalue weighted by Gasteiger charge is -2.28. The van der Waals surface area contributed by atoms with Gasteiger partial charge in [-0.25, -0.2) is 0 Å². The molecule has 3 heteroatoms. The Hall–Kier alpha value is -1.09. The largest absolute Gasteiger partial charge is 0.371 e. The van der Waals surface area contributed by atoms with Crippen molar-refractivity contribution in [3.8, 4) is 0 Å². The molecule has 1 aliphatic rings. The van der Waals surface area contributed by atoms with Gasteiger partial charge in [-0.2, -0.15) is 0 Å². The van der Waals surface area contributed by atoms with Gasteiger partial charge in [0.25, 0.3) is 0 Å². The fraction of sp³-hybridized carbons (Fsp3) is 0.438. The van der Waals surface area contributed by atoms with E-state index in [4.69, 9.17) is 0 Å². The molecule has 0 aromatic heterocycles. The lowest BCUT2D eigenvalue weighted by molar-refractivity contribution is -0.104. The van der Waals surface area contributed by atoms with Gasteiger partial charge in [0.05, 0.1) is 0 Å². The number of benzene rings is 1. The van der Waals surface area contributed by atoms with Crippen LogP contribution in [-0.2, 0) is 4.79 Å². The van der Waals surface area contributed by atoms with E-state index in [-0.39, 0.29) is 0 Å². The third kappa shape index (κ3) is 4.20. The second-order valence-electron chi connectivity index (χ2n) is 4.95. The van der Waals surface area contributed by atoms with Crippen molar-refractivity contribution < 1.29 is 4.79 Å². The number of carbonyl (C=O) groups is 1. The Morgan fingerprint density at radius 2 is 1.74 bits per heavy atom. The van der Waals surface area contributed by atoms with Gasteiger partial charge < -0.3 is 4.90 Å². The summed E-state index contributed by atoms with van der Waals surface area (Å²) >= 11 is 3.50. The van der Waals surface area contributed by atoms with Crippen molar-refractivity contribution in [1.82, 2.24) is 0 Å². The molecule has 0 amide bonds. The molecule has 0 aliphatic carbocycles. The van der Waals surface area contributed by atoms with E-state index in [9.17, 15) is 4.79 Å². The summed E-state index contributed by atoms with van der Waals surface area (Å²) in [5.74, 6) is 0. The predicted octanol–water partition coefficient (Wildman–Crippen LogP) is 4.43. The van der Waals surface area contributed by atoms with Gasteiger partial charge in [-0.05, 0) is 48.8 Å². The van der Waals surface area contributed by atoms with Crippen LogP contribution in [0.5, 0.6) is 0 Å². The Labute approximate surface area is 123 Å². The Balaban J connectivity index is 2.25. The van der Waals surface area contributed by atoms with Crippen LogP contribution in [-0.4, -0.2) is 19.4 Å². The molecule has 19 heavy (non-hydrogen) atoms. The number of nitrogens with zero attached hydrogens (tertiary/aromatic N) is 1. The van der Waals surface area contributed by atoms with Crippen molar-refractivity contribution in [2.75, 3.05) is 18.0 Å². The van der Waals surface area contributed by atoms with E-state index in [0.29, 0.717) is 0 Å². The number of anilines is 1. The first-order valence-electron chi connectivity index (χ1n) is 6.97. The summed E-state index contributed by atoms with van der Waals surface area (Å²) in [6.45, 7) is 2.23. The monoisotopic (exact) mass is 321 g/mol. The number of carbonyl (C=O) groups excluding carboxylic acids is 1. The van der Waals surface area contributed by atoms with Crippen molar-refractivity contribution in [3.05, 3.63) is 34.3 Å². The number of aldehydes is 1. The van der Waals surface area contributed by atoms with Crippen molar-refractivity contribution in [3.63, 3.8) is 0 Å². The standard InChI is InChI=1S/C16H20BrNO/c17-15-8-9-16(14(13-15)7-6-12-19)18-10-4-2-1-3-5-11-18/h6-9,12-13H,1-5,10-11H2/b7-6+. The van der Waals surface area contributed by atoms with Crippen molar-refractivity contribution >= 4 is 34.0 Å². The van der Waals surface area contributed by atoms with Gasteiger partial charge in [0.2, 0.25) is 0 Å². The SMILES string of the molecule is O=C/C=C/c1cc(Br)ccc1N1CCCCCCC1. The first kappa shape index (κ1) is 14.3. The predicted molar refractivity (Wildman–Crippen MR) is 84.5 cm³/mol. The van der Waals surface area contributed by atoms with E-state index in [1.54, 1.807) is 6.08 Å². The van der Waals surface area contributed by atoms with Gasteiger partial charge in [-0.3, -0.25) is 4.79 Å². The molecule has 1 aromatic rings. The van der Waals surface area contributed by atoms with E-state index < -0.39 is 0 Å². The third-order valence-electron chi connectivity index (χ3n) is 3.54. The van der Waals surface area contributed by atoms with E-state index >= 15 is 0 Å². The lowest BCUT2D eigenvalue weighted by Crippen LogP contribution is -2.27. The molecule has 102 valence electrons. The molecule has 0 bridgehead atoms. The maximum Gasteiger partial charge on any atom is 0.142 e. The van der Waals surface area contributed by atoms with Crippen LogP contribution in [0.4, 0.5) is 5.69 Å². The summed E-state index contributed by atoms with van der Waals surface area (Å²) in [7, 11) is 0. The van der Waals surface area contributed by atoms with E-state index in [1.165, 1.54) is 37.8 Å². The van der Waals surface area contributed by atoms with Crippen LogP contribution in [0.1, 0.15) is 37.7 Å². The van der Waals surface area contributed by atoms with E-state index in [0.717, 1.165) is 29.4 Å². The lowest BCUT2D eigenvalue weighted by atomic mass is 10.1. The minimum Gasteiger partial charge on any atom is -0.371 e. The molecule has 0 atom stereocenters. The molecule has 1 saturated heterocycles. The zero-order valence-corrected chi connectivity index (χ0v) is 12.7. The van der Waals surface area contributed by atoms with Gasteiger partial charge in [0, 0.05) is 23.2 Å². The number of allylic oxidation sites excluding steroid dienone is 1. The molecular weight excluding hydrogens is 302 g/mol. The fourth-order valence-electron chi connectivity index (χ4n) is 2.58. The molecule has 0 radical (unpaired) electrons. The van der Waals surface area contributed by atoms with Crippen LogP contribution in [0, 0.1) is 0 Å². The molecule has 0 saturated carbocycles. The minimum atomic E-state index is 0.831. The number of halogens is 1. The number of rotatable bonds is 3. The fourth-order valence-corrected chi connectivity index (χ4v) is 2.96. The van der Waals surface area contributed by atoms with Crippen LogP contribution >= 0.6 is 15.9 Å². The van der Waals surface area contributed by atoms with E-state index in [2.05, 4.69) is 39.0 Å². The van der Waals surface area contributed by atoms with Crippen LogP contribution in [0.25, 0.3) is 6.08 Å². The summed E-state index contributed by atoms with van der Waals surface area (Å²) in [6.07, 6.45) is 10.8. The number of hydrogen-bond acceptors (Lipinski definition) is 2. The van der Waals surface area contributed by atoms with Crippen LogP contribution in [0.15, 0.2) is 28.7 Å². The minimum absolute atomic E-state index is 0.831. The highest BCUT2D eigenvalue weighted by atomic mass is 79.9. The highest BCUT2D eigenvalue weighted by Crippen LogP contribution is 2.27. The molecule has 0 N–H and O–H groups in total. The normalized spacial score (nSPS) is 17.2. The summed E-state index contributed by atoms with van der Waals surface area (Å²) < 4.78 is 1.05. The van der Waals surface area contributed by atoms with Crippen molar-refractivity contribution in [2.45, 2.75) is 32.1 Å². The Morgan fingerprint density at radius 3 is 2.42 bits per heavy atom. The van der Waals surface area contributed by atoms with Crippen molar-refractivity contribution in [2.24, 2.45) is 0 Å². The average molecular weight is 322 g/mol. The Bertz CT molecular complexity index is 448. The van der Waals surface area contributed by atoms with E-state index in [1.807, 2.05) is 6.08 Å². The first-order valence-corrected chi connectivity index (χ1v) is 7.77. The topological polar surface area (TPSA) is 20.3 Å². The zero-order valence-electron chi connectivity index (χ0n) is 11.1. The molecular formula is C16H20BrNO. The Morgan fingerprint density at radius 1 is 1.05 bits per heavy atom. The molecule has 1 heterocycles. The van der Waals surface area contributed by atoms with Crippen LogP contribution < -0.4 is 4.90 Å². The average Bonchev–Trinajstić information content (AvgIpc) is 2.37. The summed E-state index contributed by atoms with van der Waals surface area (Å²) in [5.41, 5.74) is 2.35. The van der Waals surface area contributed by atoms with Gasteiger partial charge in [-0.15, -0.1) is 0 Å². The van der Waals surface area contributed by atoms with Crippen LogP contribution in [0.3, 0.4) is 0 Å². The second kappa shape index (κ2) is 7.49. The molecule has 2 nitrogen and oxygen atoms in total. The summed E-state index contributed by atoms with van der Waals surface area (Å²) in [4.78, 5) is 13.0. The summed E-state index contributed by atoms with van der Waals surface area (Å²) in [6, 6.07) is 6.30. The van der Waals surface area contributed by atoms with Crippen LogP contribution in [0.2, 0.25) is 0 Å². The highest BCUT2D eigenvalue weighted by molar-refractivity contribution is 9.10. The maximum atomic E-state index is 10.5. The van der Waals surface area contributed by atoms with Gasteiger partial charge in [-0.1, -0.05) is 35.2 Å². The third-order valence-corrected chi connectivity index (χ3v) is 4.03. The Kier molecular flexibility index (Phi) is 5.64. The molecule has 1 aromatic carbocycles. The van der Waals surface area contributed by atoms with Crippen molar-refractivity contribution in [1.29, 1.82) is 0 Å². The molecule has 0 unspecified atom stereocenters. The quantitative estimate of drug-likeness (QED) is 0.606.